The van der Waals surface area contributed by atoms with E-state index in [-0.39, 0.29) is 27.4 Å². The van der Waals surface area contributed by atoms with E-state index >= 15 is 0 Å². The van der Waals surface area contributed by atoms with E-state index in [0.717, 1.165) is 11.6 Å². The lowest BCUT2D eigenvalue weighted by Crippen LogP contribution is -2.30. The highest BCUT2D eigenvalue weighted by atomic mass is 32.2. The van der Waals surface area contributed by atoms with Crippen LogP contribution in [0.3, 0.4) is 0 Å². The molecule has 0 spiro atoms. The van der Waals surface area contributed by atoms with E-state index in [9.17, 15) is 27.7 Å². The molecule has 5 rings (SSSR count). The molecule has 0 saturated heterocycles. The summed E-state index contributed by atoms with van der Waals surface area (Å²) >= 11 is 0. The topological polar surface area (TPSA) is 167 Å². The van der Waals surface area contributed by atoms with Crippen molar-refractivity contribution in [1.82, 2.24) is 0 Å². The summed E-state index contributed by atoms with van der Waals surface area (Å²) in [7, 11) is -2.91. The van der Waals surface area contributed by atoms with Crippen molar-refractivity contribution in [1.29, 1.82) is 0 Å². The number of aliphatic hydroxyl groups excluding tert-OH is 1. The molecular weight excluding hydrogens is 584 g/mol. The maximum Gasteiger partial charge on any atom is 0.294 e. The lowest BCUT2D eigenvalue weighted by atomic mass is 9.89. The molecule has 1 aliphatic rings. The first-order chi connectivity index (χ1) is 21.0. The number of hydrazone groups is 1. The number of nitrogens with one attached hydrogen (secondary N) is 2. The van der Waals surface area contributed by atoms with Crippen LogP contribution in [0.1, 0.15) is 22.3 Å². The summed E-state index contributed by atoms with van der Waals surface area (Å²) in [5.41, 5.74) is 5.99. The van der Waals surface area contributed by atoms with Gasteiger partial charge in [0.25, 0.3) is 16.0 Å². The Bertz CT molecular complexity index is 1980. The van der Waals surface area contributed by atoms with Gasteiger partial charge in [0.1, 0.15) is 11.5 Å². The van der Waals surface area contributed by atoms with Crippen molar-refractivity contribution in [2.45, 2.75) is 11.8 Å². The maximum absolute atomic E-state index is 13.6. The number of benzene rings is 4. The summed E-state index contributed by atoms with van der Waals surface area (Å²) in [6, 6.07) is 23.8. The molecule has 0 aromatic heterocycles. The smallest absolute Gasteiger partial charge is 0.294 e. The molecular formula is C32H26N4O7S. The van der Waals surface area contributed by atoms with E-state index in [0.29, 0.717) is 28.3 Å². The molecule has 0 bridgehead atoms. The first-order valence-electron chi connectivity index (χ1n) is 13.1. The number of hydrogen-bond acceptors (Lipinski definition) is 8. The molecule has 0 heterocycles. The van der Waals surface area contributed by atoms with E-state index in [1.807, 2.05) is 0 Å². The number of aryl methyl sites for hydroxylation is 1. The molecule has 4 N–H and O–H groups in total. The van der Waals surface area contributed by atoms with E-state index in [2.05, 4.69) is 20.8 Å². The molecule has 4 aromatic carbocycles. The van der Waals surface area contributed by atoms with Crippen molar-refractivity contribution in [2.24, 2.45) is 10.1 Å². The van der Waals surface area contributed by atoms with Crippen LogP contribution in [-0.4, -0.2) is 48.5 Å². The number of ether oxygens (including phenoxy) is 1. The number of carbonyl (C=O) groups excluding carboxylic acids is 2. The van der Waals surface area contributed by atoms with Gasteiger partial charge < -0.3 is 15.2 Å². The van der Waals surface area contributed by atoms with Gasteiger partial charge in [-0.2, -0.15) is 13.5 Å². The van der Waals surface area contributed by atoms with Crippen LogP contribution in [0.5, 0.6) is 5.75 Å². The minimum absolute atomic E-state index is 0.0210. The molecule has 0 atom stereocenters. The van der Waals surface area contributed by atoms with Crippen molar-refractivity contribution in [3.05, 3.63) is 119 Å². The quantitative estimate of drug-likeness (QED) is 0.0685. The molecule has 222 valence electrons. The number of ketones is 1. The molecule has 4 aromatic rings. The fourth-order valence-electron chi connectivity index (χ4n) is 4.36. The third-order valence-corrected chi connectivity index (χ3v) is 7.55. The zero-order chi connectivity index (χ0) is 31.4. The first-order valence-corrected chi connectivity index (χ1v) is 14.6. The largest absolute Gasteiger partial charge is 0.497 e. The second-order valence-corrected chi connectivity index (χ2v) is 11.1. The summed E-state index contributed by atoms with van der Waals surface area (Å²) < 4.78 is 37.4. The number of rotatable bonds is 8. The Morgan fingerprint density at radius 2 is 1.68 bits per heavy atom. The van der Waals surface area contributed by atoms with Gasteiger partial charge in [-0.3, -0.25) is 19.6 Å². The second-order valence-electron chi connectivity index (χ2n) is 9.67. The number of hydrogen-bond donors (Lipinski definition) is 4. The first kappa shape index (κ1) is 29.9. The normalized spacial score (nSPS) is 14.1. The molecule has 44 heavy (non-hydrogen) atoms. The van der Waals surface area contributed by atoms with E-state index in [1.54, 1.807) is 73.7 Å². The van der Waals surface area contributed by atoms with E-state index in [4.69, 9.17) is 4.74 Å². The summed E-state index contributed by atoms with van der Waals surface area (Å²) in [6.45, 7) is 1.79. The third-order valence-electron chi connectivity index (χ3n) is 6.70. The lowest BCUT2D eigenvalue weighted by Gasteiger charge is -2.18. The summed E-state index contributed by atoms with van der Waals surface area (Å²) in [6.07, 6.45) is 1.52. The second kappa shape index (κ2) is 12.3. The van der Waals surface area contributed by atoms with Gasteiger partial charge in [-0.15, -0.1) is 0 Å². The molecule has 11 nitrogen and oxygen atoms in total. The van der Waals surface area contributed by atoms with Crippen LogP contribution in [0.15, 0.2) is 112 Å². The average molecular weight is 611 g/mol. The Kier molecular flexibility index (Phi) is 8.38. The van der Waals surface area contributed by atoms with Crippen LogP contribution in [-0.2, 0) is 19.7 Å². The number of aliphatic hydroxyl groups is 1. The van der Waals surface area contributed by atoms with Crippen LogP contribution >= 0.6 is 0 Å². The number of nitrogens with zero attached hydrogens (tertiary/aromatic N) is 2. The number of fused-ring (bicyclic) bond motifs is 1. The summed E-state index contributed by atoms with van der Waals surface area (Å²) in [5, 5.41) is 17.8. The Morgan fingerprint density at radius 1 is 0.932 bits per heavy atom. The van der Waals surface area contributed by atoms with Crippen LogP contribution in [0.25, 0.3) is 6.08 Å². The van der Waals surface area contributed by atoms with Gasteiger partial charge in [-0.25, -0.2) is 4.99 Å². The highest BCUT2D eigenvalue weighted by Crippen LogP contribution is 2.26. The van der Waals surface area contributed by atoms with Gasteiger partial charge in [0.15, 0.2) is 0 Å². The minimum atomic E-state index is -4.45. The zero-order valence-corrected chi connectivity index (χ0v) is 24.3. The fraction of sp³-hybridized carbons (Fsp3) is 0.0625. The molecule has 0 fully saturated rings. The molecule has 0 aliphatic heterocycles. The van der Waals surface area contributed by atoms with Crippen LogP contribution in [0, 0.1) is 6.92 Å². The molecule has 12 heteroatoms. The average Bonchev–Trinajstić information content (AvgIpc) is 3.01. The Labute approximate surface area is 253 Å². The number of amides is 1. The predicted molar refractivity (Wildman–Crippen MR) is 167 cm³/mol. The van der Waals surface area contributed by atoms with Crippen molar-refractivity contribution in [3.8, 4) is 5.75 Å². The van der Waals surface area contributed by atoms with Gasteiger partial charge in [-0.05, 0) is 78.7 Å². The number of carbonyl (C=O) groups is 2. The Balaban J connectivity index is 1.42. The van der Waals surface area contributed by atoms with Gasteiger partial charge in [-0.1, -0.05) is 36.4 Å². The monoisotopic (exact) mass is 610 g/mol. The van der Waals surface area contributed by atoms with Crippen LogP contribution in [0.4, 0.5) is 17.1 Å². The van der Waals surface area contributed by atoms with E-state index in [1.165, 1.54) is 31.4 Å². The minimum Gasteiger partial charge on any atom is -0.497 e. The highest BCUT2D eigenvalue weighted by molar-refractivity contribution is 7.85. The summed E-state index contributed by atoms with van der Waals surface area (Å²) in [4.78, 5) is 30.4. The van der Waals surface area contributed by atoms with Crippen molar-refractivity contribution >= 4 is 56.6 Å². The van der Waals surface area contributed by atoms with Crippen molar-refractivity contribution in [3.63, 3.8) is 0 Å². The van der Waals surface area contributed by atoms with Gasteiger partial charge >= 0.3 is 0 Å². The standard InChI is InChI=1S/C32H26N4O7S/c1-19-10-11-21(31(38)34-23-7-5-8-25(18-23)44(40,41)42)17-28(19)35-36-29-26-9-4-3-6-20(26)16-27(30(29)37)32(39)33-22-12-14-24(43-2)15-13-22/h3-18,35H,1-2H3,(H,33,39)(H,34,38)(H,40,41,42)/b36-29-. The van der Waals surface area contributed by atoms with E-state index < -0.39 is 27.7 Å². The lowest BCUT2D eigenvalue weighted by molar-refractivity contribution is -0.116. The van der Waals surface area contributed by atoms with Crippen LogP contribution < -0.4 is 15.5 Å². The SMILES string of the molecule is COc1ccc(NC(=O)C2=Cc3ccccc3/C(=N/Nc3cc(C(O)=Nc4cccc(S(=O)(=O)O)c4)ccc3C)C2=O)cc1. The van der Waals surface area contributed by atoms with Crippen molar-refractivity contribution in [2.75, 3.05) is 17.9 Å². The maximum atomic E-state index is 13.6. The third kappa shape index (κ3) is 6.56. The Morgan fingerprint density at radius 3 is 2.41 bits per heavy atom. The molecule has 1 amide bonds. The Hall–Kier alpha value is -5.59. The van der Waals surface area contributed by atoms with Gasteiger partial charge in [0.2, 0.25) is 11.7 Å². The van der Waals surface area contributed by atoms with Crippen LogP contribution in [0.2, 0.25) is 0 Å². The number of aliphatic imine (C=N–C) groups is 1. The highest BCUT2D eigenvalue weighted by Gasteiger charge is 2.30. The number of Topliss-reactive ketones (excluding diaryl/α,β-unsaturated/α-hetero) is 1. The predicted octanol–water partition coefficient (Wildman–Crippen LogP) is 5.31. The van der Waals surface area contributed by atoms with Gasteiger partial charge in [0.05, 0.1) is 29.0 Å². The van der Waals surface area contributed by atoms with Crippen molar-refractivity contribution < 1.29 is 32.4 Å². The fourth-order valence-corrected chi connectivity index (χ4v) is 4.88. The molecule has 0 saturated carbocycles. The number of anilines is 2. The van der Waals surface area contributed by atoms with Gasteiger partial charge in [0, 0.05) is 16.8 Å². The molecule has 0 unspecified atom stereocenters. The summed E-state index contributed by atoms with van der Waals surface area (Å²) in [5.74, 6) is -0.984. The number of methoxy groups -OCH3 is 1. The molecule has 0 radical (unpaired) electrons. The zero-order valence-electron chi connectivity index (χ0n) is 23.5. The molecule has 1 aliphatic carbocycles.